The Bertz CT molecular complexity index is 614. The van der Waals surface area contributed by atoms with Gasteiger partial charge in [0.05, 0.1) is 0 Å². The van der Waals surface area contributed by atoms with Crippen molar-refractivity contribution >= 4 is 0 Å². The van der Waals surface area contributed by atoms with Gasteiger partial charge >= 0.3 is 0 Å². The van der Waals surface area contributed by atoms with Gasteiger partial charge in [-0.25, -0.2) is 8.78 Å². The molecule has 0 aliphatic heterocycles. The SMILES string of the molecule is CCCNCc1ccc(C)c(Oc2cc(F)ccc2F)c1. The van der Waals surface area contributed by atoms with E-state index >= 15 is 0 Å². The second-order valence-electron chi connectivity index (χ2n) is 4.95. The molecule has 4 heteroatoms. The Morgan fingerprint density at radius 1 is 1.05 bits per heavy atom. The van der Waals surface area contributed by atoms with Gasteiger partial charge in [0.15, 0.2) is 11.6 Å². The maximum Gasteiger partial charge on any atom is 0.165 e. The molecule has 0 aliphatic carbocycles. The molecule has 0 radical (unpaired) electrons. The van der Waals surface area contributed by atoms with Crippen LogP contribution >= 0.6 is 0 Å². The number of benzene rings is 2. The fourth-order valence-electron chi connectivity index (χ4n) is 1.95. The van der Waals surface area contributed by atoms with Crippen LogP contribution in [-0.4, -0.2) is 6.54 Å². The second kappa shape index (κ2) is 7.18. The highest BCUT2D eigenvalue weighted by Gasteiger charge is 2.09. The minimum absolute atomic E-state index is 0.100. The van der Waals surface area contributed by atoms with Gasteiger partial charge in [0.1, 0.15) is 11.6 Å². The van der Waals surface area contributed by atoms with Crippen LogP contribution in [-0.2, 0) is 6.54 Å². The van der Waals surface area contributed by atoms with Gasteiger partial charge in [0.2, 0.25) is 0 Å². The molecule has 0 aliphatic rings. The van der Waals surface area contributed by atoms with Crippen molar-refractivity contribution < 1.29 is 13.5 Å². The molecule has 0 saturated carbocycles. The van der Waals surface area contributed by atoms with Crippen LogP contribution in [0.4, 0.5) is 8.78 Å². The summed E-state index contributed by atoms with van der Waals surface area (Å²) in [6.07, 6.45) is 1.06. The Morgan fingerprint density at radius 2 is 1.86 bits per heavy atom. The topological polar surface area (TPSA) is 21.3 Å². The zero-order valence-corrected chi connectivity index (χ0v) is 12.2. The number of rotatable bonds is 6. The molecule has 0 heterocycles. The lowest BCUT2D eigenvalue weighted by Gasteiger charge is -2.12. The normalized spacial score (nSPS) is 10.7. The first-order chi connectivity index (χ1) is 10.1. The number of aryl methyl sites for hydroxylation is 1. The predicted molar refractivity (Wildman–Crippen MR) is 79.6 cm³/mol. The molecular formula is C17H19F2NO. The Balaban J connectivity index is 2.18. The summed E-state index contributed by atoms with van der Waals surface area (Å²) in [5.41, 5.74) is 1.92. The highest BCUT2D eigenvalue weighted by atomic mass is 19.1. The first kappa shape index (κ1) is 15.4. The molecule has 0 saturated heterocycles. The maximum absolute atomic E-state index is 13.6. The molecule has 2 aromatic rings. The Hall–Kier alpha value is -1.94. The van der Waals surface area contributed by atoms with E-state index in [4.69, 9.17) is 4.74 Å². The summed E-state index contributed by atoms with van der Waals surface area (Å²) < 4.78 is 32.3. The molecule has 21 heavy (non-hydrogen) atoms. The van der Waals surface area contributed by atoms with Crippen LogP contribution in [0.2, 0.25) is 0 Å². The molecule has 2 aromatic carbocycles. The van der Waals surface area contributed by atoms with Crippen molar-refractivity contribution in [2.45, 2.75) is 26.8 Å². The third-order valence-electron chi connectivity index (χ3n) is 3.12. The summed E-state index contributed by atoms with van der Waals surface area (Å²) in [5, 5.41) is 3.29. The number of hydrogen-bond donors (Lipinski definition) is 1. The molecule has 0 amide bonds. The van der Waals surface area contributed by atoms with Gasteiger partial charge in [-0.05, 0) is 49.2 Å². The number of hydrogen-bond acceptors (Lipinski definition) is 2. The average molecular weight is 291 g/mol. The van der Waals surface area contributed by atoms with Crippen LogP contribution in [0, 0.1) is 18.6 Å². The molecular weight excluding hydrogens is 272 g/mol. The molecule has 1 N–H and O–H groups in total. The smallest absolute Gasteiger partial charge is 0.165 e. The summed E-state index contributed by atoms with van der Waals surface area (Å²) in [7, 11) is 0. The molecule has 0 atom stereocenters. The second-order valence-corrected chi connectivity index (χ2v) is 4.95. The Labute approximate surface area is 123 Å². The van der Waals surface area contributed by atoms with Gasteiger partial charge in [-0.3, -0.25) is 0 Å². The molecule has 0 spiro atoms. The largest absolute Gasteiger partial charge is 0.454 e. The summed E-state index contributed by atoms with van der Waals surface area (Å²) in [5.74, 6) is -0.665. The Morgan fingerprint density at radius 3 is 2.62 bits per heavy atom. The number of ether oxygens (including phenoxy) is 1. The van der Waals surface area contributed by atoms with Crippen molar-refractivity contribution in [2.75, 3.05) is 6.54 Å². The van der Waals surface area contributed by atoms with Crippen LogP contribution in [0.25, 0.3) is 0 Å². The van der Waals surface area contributed by atoms with Gasteiger partial charge in [0, 0.05) is 12.6 Å². The van der Waals surface area contributed by atoms with E-state index in [1.54, 1.807) is 0 Å². The van der Waals surface area contributed by atoms with E-state index in [-0.39, 0.29) is 5.75 Å². The van der Waals surface area contributed by atoms with Crippen molar-refractivity contribution in [3.63, 3.8) is 0 Å². The summed E-state index contributed by atoms with van der Waals surface area (Å²) >= 11 is 0. The summed E-state index contributed by atoms with van der Waals surface area (Å²) in [6, 6.07) is 8.94. The highest BCUT2D eigenvalue weighted by molar-refractivity contribution is 5.40. The molecule has 2 rings (SSSR count). The van der Waals surface area contributed by atoms with Crippen molar-refractivity contribution in [3.8, 4) is 11.5 Å². The minimum atomic E-state index is -0.578. The lowest BCUT2D eigenvalue weighted by Crippen LogP contribution is -2.13. The molecule has 112 valence electrons. The highest BCUT2D eigenvalue weighted by Crippen LogP contribution is 2.28. The fourth-order valence-corrected chi connectivity index (χ4v) is 1.95. The zero-order chi connectivity index (χ0) is 15.2. The monoisotopic (exact) mass is 291 g/mol. The van der Waals surface area contributed by atoms with Crippen molar-refractivity contribution in [2.24, 2.45) is 0 Å². The molecule has 0 bridgehead atoms. The van der Waals surface area contributed by atoms with Gasteiger partial charge in [-0.2, -0.15) is 0 Å². The first-order valence-corrected chi connectivity index (χ1v) is 7.03. The Kier molecular flexibility index (Phi) is 5.28. The molecule has 0 unspecified atom stereocenters. The number of nitrogens with one attached hydrogen (secondary N) is 1. The number of halogens is 2. The van der Waals surface area contributed by atoms with Crippen LogP contribution in [0.5, 0.6) is 11.5 Å². The molecule has 0 fully saturated rings. The van der Waals surface area contributed by atoms with E-state index in [2.05, 4.69) is 12.2 Å². The quantitative estimate of drug-likeness (QED) is 0.787. The van der Waals surface area contributed by atoms with E-state index in [0.717, 1.165) is 48.8 Å². The van der Waals surface area contributed by atoms with E-state index in [0.29, 0.717) is 5.75 Å². The van der Waals surface area contributed by atoms with E-state index in [1.165, 1.54) is 0 Å². The van der Waals surface area contributed by atoms with Gasteiger partial charge < -0.3 is 10.1 Å². The minimum Gasteiger partial charge on any atom is -0.454 e. The zero-order valence-electron chi connectivity index (χ0n) is 12.2. The van der Waals surface area contributed by atoms with Crippen LogP contribution in [0.1, 0.15) is 24.5 Å². The summed E-state index contributed by atoms with van der Waals surface area (Å²) in [4.78, 5) is 0. The summed E-state index contributed by atoms with van der Waals surface area (Å²) in [6.45, 7) is 5.62. The molecule has 2 nitrogen and oxygen atoms in total. The van der Waals surface area contributed by atoms with Crippen LogP contribution in [0.3, 0.4) is 0 Å². The standard InChI is InChI=1S/C17H19F2NO/c1-3-8-20-11-13-5-4-12(2)16(9-13)21-17-10-14(18)6-7-15(17)19/h4-7,9-10,20H,3,8,11H2,1-2H3. The third-order valence-corrected chi connectivity index (χ3v) is 3.12. The predicted octanol–water partition coefficient (Wildman–Crippen LogP) is 4.57. The third kappa shape index (κ3) is 4.26. The van der Waals surface area contributed by atoms with Gasteiger partial charge in [0.25, 0.3) is 0 Å². The van der Waals surface area contributed by atoms with Crippen molar-refractivity contribution in [1.29, 1.82) is 0 Å². The van der Waals surface area contributed by atoms with Gasteiger partial charge in [-0.15, -0.1) is 0 Å². The van der Waals surface area contributed by atoms with E-state index < -0.39 is 11.6 Å². The fraction of sp³-hybridized carbons (Fsp3) is 0.294. The lowest BCUT2D eigenvalue weighted by atomic mass is 10.1. The van der Waals surface area contributed by atoms with Crippen molar-refractivity contribution in [1.82, 2.24) is 5.32 Å². The average Bonchev–Trinajstić information content (AvgIpc) is 2.46. The maximum atomic E-state index is 13.6. The van der Waals surface area contributed by atoms with Crippen LogP contribution < -0.4 is 10.1 Å². The van der Waals surface area contributed by atoms with E-state index in [9.17, 15) is 8.78 Å². The van der Waals surface area contributed by atoms with E-state index in [1.807, 2.05) is 25.1 Å². The first-order valence-electron chi connectivity index (χ1n) is 7.03. The molecule has 0 aromatic heterocycles. The van der Waals surface area contributed by atoms with Crippen molar-refractivity contribution in [3.05, 3.63) is 59.2 Å². The lowest BCUT2D eigenvalue weighted by molar-refractivity contribution is 0.433. The van der Waals surface area contributed by atoms with Gasteiger partial charge in [-0.1, -0.05) is 19.1 Å². The van der Waals surface area contributed by atoms with Crippen LogP contribution in [0.15, 0.2) is 36.4 Å².